The number of aliphatic hydroxyl groups is 1. The van der Waals surface area contributed by atoms with Gasteiger partial charge in [-0.25, -0.2) is 0 Å². The van der Waals surface area contributed by atoms with Gasteiger partial charge in [0, 0.05) is 16.3 Å². The molecule has 0 unspecified atom stereocenters. The minimum absolute atomic E-state index is 0.0853. The first-order valence-electron chi connectivity index (χ1n) is 8.92. The maximum absolute atomic E-state index is 13.1. The molecule has 0 heterocycles. The van der Waals surface area contributed by atoms with E-state index in [2.05, 4.69) is 0 Å². The molecule has 1 atom stereocenters. The molecule has 0 radical (unpaired) electrons. The Morgan fingerprint density at radius 1 is 0.941 bits per heavy atom. The molecule has 2 rings (SSSR count). The second-order valence-corrected chi connectivity index (χ2v) is 8.18. The first-order chi connectivity index (χ1) is 15.3. The Labute approximate surface area is 190 Å². The molecule has 2 N–H and O–H groups in total. The van der Waals surface area contributed by atoms with Crippen LogP contribution in [0.4, 0.5) is 45.2 Å². The van der Waals surface area contributed by atoms with Crippen LogP contribution in [0.25, 0.3) is 0 Å². The largest absolute Gasteiger partial charge is 0.417 e. The van der Waals surface area contributed by atoms with Gasteiger partial charge in [0.2, 0.25) is 0 Å². The number of rotatable bonds is 5. The van der Waals surface area contributed by atoms with Gasteiger partial charge in [-0.05, 0) is 43.3 Å². The van der Waals surface area contributed by atoms with Crippen molar-refractivity contribution in [3.8, 4) is 6.07 Å². The number of carbonyl (C=O) groups excluding carboxylic acids is 1. The van der Waals surface area contributed by atoms with Crippen LogP contribution in [-0.2, 0) is 23.3 Å². The first-order valence-corrected chi connectivity index (χ1v) is 9.90. The molecule has 184 valence electrons. The van der Waals surface area contributed by atoms with Crippen molar-refractivity contribution >= 4 is 23.4 Å². The molecule has 0 saturated heterocycles. The van der Waals surface area contributed by atoms with Gasteiger partial charge in [-0.3, -0.25) is 4.79 Å². The summed E-state index contributed by atoms with van der Waals surface area (Å²) < 4.78 is 117. The van der Waals surface area contributed by atoms with Crippen LogP contribution in [0.3, 0.4) is 0 Å². The maximum atomic E-state index is 13.1. The Kier molecular flexibility index (Phi) is 7.54. The van der Waals surface area contributed by atoms with Crippen molar-refractivity contribution in [3.63, 3.8) is 0 Å². The Hall–Kier alpha value is -2.92. The fraction of sp³-hybridized carbons (Fsp3) is 0.300. The van der Waals surface area contributed by atoms with Crippen LogP contribution in [0.2, 0.25) is 0 Å². The fourth-order valence-electron chi connectivity index (χ4n) is 2.52. The van der Waals surface area contributed by atoms with Gasteiger partial charge < -0.3 is 10.4 Å². The van der Waals surface area contributed by atoms with E-state index >= 15 is 0 Å². The lowest BCUT2D eigenvalue weighted by molar-refractivity contribution is -0.143. The van der Waals surface area contributed by atoms with Gasteiger partial charge in [-0.2, -0.15) is 44.8 Å². The van der Waals surface area contributed by atoms with Crippen LogP contribution < -0.4 is 5.32 Å². The minimum Gasteiger partial charge on any atom is -0.379 e. The normalized spacial score (nSPS) is 14.3. The van der Waals surface area contributed by atoms with Crippen molar-refractivity contribution in [2.75, 3.05) is 11.1 Å². The summed E-state index contributed by atoms with van der Waals surface area (Å²) in [6, 6.07) is 4.25. The second-order valence-electron chi connectivity index (χ2n) is 7.13. The number of nitrogens with one attached hydrogen (secondary N) is 1. The molecule has 0 aliphatic heterocycles. The SMILES string of the molecule is C[C@](O)(CSc1cc(C(F)(F)F)cc(C(F)(F)F)c1)C(=O)Nc1ccc(C#N)c(C(F)(F)F)c1. The molecule has 0 bridgehead atoms. The highest BCUT2D eigenvalue weighted by Crippen LogP contribution is 2.39. The van der Waals surface area contributed by atoms with Crippen LogP contribution in [0, 0.1) is 11.3 Å². The lowest BCUT2D eigenvalue weighted by Crippen LogP contribution is -2.42. The van der Waals surface area contributed by atoms with Crippen molar-refractivity contribution in [1.82, 2.24) is 0 Å². The van der Waals surface area contributed by atoms with Gasteiger partial charge >= 0.3 is 18.5 Å². The highest BCUT2D eigenvalue weighted by molar-refractivity contribution is 7.99. The van der Waals surface area contributed by atoms with E-state index in [-0.39, 0.29) is 6.07 Å². The predicted molar refractivity (Wildman–Crippen MR) is 103 cm³/mol. The smallest absolute Gasteiger partial charge is 0.379 e. The van der Waals surface area contributed by atoms with Crippen LogP contribution >= 0.6 is 11.8 Å². The number of hydrogen-bond acceptors (Lipinski definition) is 4. The Balaban J connectivity index is 2.24. The molecular formula is C20H13F9N2O2S. The molecule has 14 heteroatoms. The fourth-order valence-corrected chi connectivity index (χ4v) is 3.52. The van der Waals surface area contributed by atoms with Gasteiger partial charge in [0.05, 0.1) is 28.3 Å². The van der Waals surface area contributed by atoms with Crippen molar-refractivity contribution in [2.24, 2.45) is 0 Å². The predicted octanol–water partition coefficient (Wildman–Crippen LogP) is 6.10. The van der Waals surface area contributed by atoms with E-state index in [4.69, 9.17) is 5.26 Å². The number of alkyl halides is 9. The molecule has 34 heavy (non-hydrogen) atoms. The molecule has 4 nitrogen and oxygen atoms in total. The maximum Gasteiger partial charge on any atom is 0.417 e. The second kappa shape index (κ2) is 9.38. The molecule has 0 aliphatic rings. The Morgan fingerprint density at radius 3 is 1.91 bits per heavy atom. The molecule has 0 spiro atoms. The van der Waals surface area contributed by atoms with Gasteiger partial charge in [-0.15, -0.1) is 11.8 Å². The molecule has 0 saturated carbocycles. The number of amides is 1. The number of nitriles is 1. The number of halogens is 9. The molecule has 2 aromatic rings. The lowest BCUT2D eigenvalue weighted by atomic mass is 10.1. The Bertz CT molecular complexity index is 1080. The van der Waals surface area contributed by atoms with E-state index in [0.717, 1.165) is 19.1 Å². The highest BCUT2D eigenvalue weighted by atomic mass is 32.2. The summed E-state index contributed by atoms with van der Waals surface area (Å²) in [6.07, 6.45) is -15.1. The van der Waals surface area contributed by atoms with Gasteiger partial charge in [0.1, 0.15) is 5.60 Å². The number of hydrogen-bond donors (Lipinski definition) is 2. The Morgan fingerprint density at radius 2 is 1.47 bits per heavy atom. The quantitative estimate of drug-likeness (QED) is 0.372. The van der Waals surface area contributed by atoms with E-state index in [1.54, 1.807) is 0 Å². The zero-order valence-corrected chi connectivity index (χ0v) is 17.6. The van der Waals surface area contributed by atoms with Gasteiger partial charge in [0.15, 0.2) is 0 Å². The molecule has 0 aromatic heterocycles. The zero-order chi connectivity index (χ0) is 26.1. The topological polar surface area (TPSA) is 73.1 Å². The number of benzene rings is 2. The summed E-state index contributed by atoms with van der Waals surface area (Å²) in [7, 11) is 0. The summed E-state index contributed by atoms with van der Waals surface area (Å²) in [5.74, 6) is -2.01. The van der Waals surface area contributed by atoms with E-state index in [1.165, 1.54) is 6.07 Å². The zero-order valence-electron chi connectivity index (χ0n) is 16.8. The number of nitrogens with zero attached hydrogens (tertiary/aromatic N) is 1. The summed E-state index contributed by atoms with van der Waals surface area (Å²) in [6.45, 7) is 0.877. The number of carbonyl (C=O) groups is 1. The third kappa shape index (κ3) is 6.80. The average molecular weight is 516 g/mol. The van der Waals surface area contributed by atoms with Crippen molar-refractivity contribution in [2.45, 2.75) is 35.9 Å². The van der Waals surface area contributed by atoms with E-state index in [0.29, 0.717) is 30.0 Å². The molecular weight excluding hydrogens is 503 g/mol. The molecule has 2 aromatic carbocycles. The number of thioether (sulfide) groups is 1. The monoisotopic (exact) mass is 516 g/mol. The first kappa shape index (κ1) is 27.3. The summed E-state index contributed by atoms with van der Waals surface area (Å²) in [5, 5.41) is 21.1. The molecule has 1 amide bonds. The summed E-state index contributed by atoms with van der Waals surface area (Å²) in [5.41, 5.74) is -8.12. The highest BCUT2D eigenvalue weighted by Gasteiger charge is 2.38. The molecule has 0 aliphatic carbocycles. The van der Waals surface area contributed by atoms with Crippen molar-refractivity contribution in [1.29, 1.82) is 5.26 Å². The van der Waals surface area contributed by atoms with Gasteiger partial charge in [0.25, 0.3) is 5.91 Å². The standard InChI is InChI=1S/C20H13F9N2O2S/c1-17(33,16(32)31-13-3-2-10(8-30)15(7-13)20(27,28)29)9-34-14-5-11(18(21,22)23)4-12(6-14)19(24,25)26/h2-7,33H,9H2,1H3,(H,31,32)/t17-/m0/s1. The molecule has 0 fully saturated rings. The van der Waals surface area contributed by atoms with Crippen LogP contribution in [0.15, 0.2) is 41.3 Å². The van der Waals surface area contributed by atoms with Crippen LogP contribution in [0.1, 0.15) is 29.2 Å². The van der Waals surface area contributed by atoms with Crippen molar-refractivity contribution < 1.29 is 49.4 Å². The van der Waals surface area contributed by atoms with Gasteiger partial charge in [-0.1, -0.05) is 0 Å². The number of anilines is 1. The van der Waals surface area contributed by atoms with Crippen LogP contribution in [-0.4, -0.2) is 22.4 Å². The van der Waals surface area contributed by atoms with E-state index in [1.807, 2.05) is 5.32 Å². The van der Waals surface area contributed by atoms with Crippen LogP contribution in [0.5, 0.6) is 0 Å². The third-order valence-electron chi connectivity index (χ3n) is 4.27. The third-order valence-corrected chi connectivity index (χ3v) is 5.55. The minimum atomic E-state index is -5.09. The average Bonchev–Trinajstić information content (AvgIpc) is 2.70. The summed E-state index contributed by atoms with van der Waals surface area (Å²) >= 11 is 0.306. The van der Waals surface area contributed by atoms with E-state index in [9.17, 15) is 49.4 Å². The lowest BCUT2D eigenvalue weighted by Gasteiger charge is -2.23. The summed E-state index contributed by atoms with van der Waals surface area (Å²) in [4.78, 5) is 11.8. The van der Waals surface area contributed by atoms with E-state index < -0.39 is 68.6 Å². The van der Waals surface area contributed by atoms with Crippen molar-refractivity contribution in [3.05, 3.63) is 58.7 Å².